The number of rotatable bonds is 6. The maximum atomic E-state index is 12.3. The highest BCUT2D eigenvalue weighted by Crippen LogP contribution is 2.33. The molecule has 2 aromatic rings. The number of aryl methyl sites for hydroxylation is 1. The second kappa shape index (κ2) is 8.83. The number of amides is 1. The van der Waals surface area contributed by atoms with Gasteiger partial charge >= 0.3 is 5.97 Å². The van der Waals surface area contributed by atoms with Gasteiger partial charge < -0.3 is 19.9 Å². The van der Waals surface area contributed by atoms with E-state index in [9.17, 15) is 9.59 Å². The summed E-state index contributed by atoms with van der Waals surface area (Å²) in [6.07, 6.45) is 0.706. The maximum Gasteiger partial charge on any atom is 0.344 e. The van der Waals surface area contributed by atoms with E-state index in [2.05, 4.69) is 10.3 Å². The Labute approximate surface area is 172 Å². The minimum atomic E-state index is -1.07. The van der Waals surface area contributed by atoms with E-state index in [1.807, 2.05) is 31.2 Å². The van der Waals surface area contributed by atoms with Gasteiger partial charge in [-0.25, -0.2) is 9.79 Å². The summed E-state index contributed by atoms with van der Waals surface area (Å²) in [7, 11) is 1.47. The minimum absolute atomic E-state index is 0.235. The van der Waals surface area contributed by atoms with Crippen LogP contribution in [0, 0.1) is 6.92 Å². The second-order valence-electron chi connectivity index (χ2n) is 6.28. The first-order chi connectivity index (χ1) is 13.9. The van der Waals surface area contributed by atoms with E-state index in [0.717, 1.165) is 11.3 Å². The summed E-state index contributed by atoms with van der Waals surface area (Å²) >= 11 is 1.25. The Hall–Kier alpha value is -3.26. The summed E-state index contributed by atoms with van der Waals surface area (Å²) in [4.78, 5) is 28.3. The highest BCUT2D eigenvalue weighted by molar-refractivity contribution is 8.18. The number of hydrogen-bond donors (Lipinski definition) is 2. The number of nitrogens with zero attached hydrogens (tertiary/aromatic N) is 1. The number of aliphatic carboxylic acids is 1. The number of benzene rings is 2. The molecular formula is C21H20N2O5S. The van der Waals surface area contributed by atoms with Gasteiger partial charge in [0.1, 0.15) is 0 Å². The number of carbonyl (C=O) groups excluding carboxylic acids is 1. The summed E-state index contributed by atoms with van der Waals surface area (Å²) < 4.78 is 10.7. The van der Waals surface area contributed by atoms with E-state index in [0.29, 0.717) is 27.1 Å². The summed E-state index contributed by atoms with van der Waals surface area (Å²) in [6, 6.07) is 12.7. The van der Waals surface area contributed by atoms with Crippen molar-refractivity contribution < 1.29 is 24.2 Å². The van der Waals surface area contributed by atoms with Crippen molar-refractivity contribution in [2.75, 3.05) is 7.11 Å². The topological polar surface area (TPSA) is 97.2 Å². The number of thioether (sulfide) groups is 1. The number of carbonyl (C=O) groups is 2. The molecule has 1 amide bonds. The number of nitrogens with one attached hydrogen (secondary N) is 1. The molecule has 1 aliphatic heterocycles. The van der Waals surface area contributed by atoms with Gasteiger partial charge in [0.05, 0.1) is 17.7 Å². The highest BCUT2D eigenvalue weighted by atomic mass is 32.2. The number of carboxylic acid groups (broad SMARTS) is 1. The molecule has 1 fully saturated rings. The molecule has 0 saturated carbocycles. The smallest absolute Gasteiger partial charge is 0.344 e. The van der Waals surface area contributed by atoms with Crippen LogP contribution in [0.1, 0.15) is 18.1 Å². The lowest BCUT2D eigenvalue weighted by molar-refractivity contribution is -0.144. The minimum Gasteiger partial charge on any atom is -0.493 e. The second-order valence-corrected chi connectivity index (χ2v) is 7.31. The fourth-order valence-corrected chi connectivity index (χ4v) is 3.38. The number of methoxy groups -OCH3 is 1. The standard InChI is InChI=1S/C21H20N2O5S/c1-12-6-4-5-7-15(12)22-21-23-19(24)18(29-21)11-14-8-9-16(17(10-14)27-3)28-13(2)20(25)26/h4-11,13H,1-3H3,(H,25,26)(H,22,23,24)/b18-11+. The molecular weight excluding hydrogens is 392 g/mol. The summed E-state index contributed by atoms with van der Waals surface area (Å²) in [5, 5.41) is 12.3. The average Bonchev–Trinajstić information content (AvgIpc) is 3.03. The van der Waals surface area contributed by atoms with Crippen molar-refractivity contribution in [1.82, 2.24) is 5.32 Å². The number of aliphatic imine (C=N–C) groups is 1. The third-order valence-corrected chi connectivity index (χ3v) is 5.04. The number of amidine groups is 1. The average molecular weight is 412 g/mol. The van der Waals surface area contributed by atoms with Crippen LogP contribution in [0.25, 0.3) is 6.08 Å². The Morgan fingerprint density at radius 2 is 2.00 bits per heavy atom. The zero-order valence-electron chi connectivity index (χ0n) is 16.1. The van der Waals surface area contributed by atoms with Crippen LogP contribution in [0.3, 0.4) is 0 Å². The predicted octanol–water partition coefficient (Wildman–Crippen LogP) is 3.75. The molecule has 7 nitrogen and oxygen atoms in total. The molecule has 150 valence electrons. The van der Waals surface area contributed by atoms with Crippen LogP contribution < -0.4 is 14.8 Å². The lowest BCUT2D eigenvalue weighted by atomic mass is 10.2. The molecule has 0 aliphatic carbocycles. The van der Waals surface area contributed by atoms with Crippen molar-refractivity contribution in [2.24, 2.45) is 4.99 Å². The third kappa shape index (κ3) is 4.97. The van der Waals surface area contributed by atoms with Crippen LogP contribution in [-0.2, 0) is 9.59 Å². The van der Waals surface area contributed by atoms with E-state index >= 15 is 0 Å². The lowest BCUT2D eigenvalue weighted by Crippen LogP contribution is -2.23. The van der Waals surface area contributed by atoms with Crippen molar-refractivity contribution in [3.8, 4) is 11.5 Å². The van der Waals surface area contributed by atoms with Crippen molar-refractivity contribution in [1.29, 1.82) is 0 Å². The molecule has 0 aromatic heterocycles. The van der Waals surface area contributed by atoms with Gasteiger partial charge in [-0.1, -0.05) is 24.3 Å². The predicted molar refractivity (Wildman–Crippen MR) is 113 cm³/mol. The summed E-state index contributed by atoms with van der Waals surface area (Å²) in [6.45, 7) is 3.39. The molecule has 0 bridgehead atoms. The number of hydrogen-bond acceptors (Lipinski definition) is 6. The van der Waals surface area contributed by atoms with Crippen molar-refractivity contribution in [3.63, 3.8) is 0 Å². The van der Waals surface area contributed by atoms with E-state index in [1.54, 1.807) is 24.3 Å². The molecule has 1 atom stereocenters. The van der Waals surface area contributed by atoms with E-state index < -0.39 is 12.1 Å². The molecule has 1 unspecified atom stereocenters. The van der Waals surface area contributed by atoms with E-state index in [4.69, 9.17) is 14.6 Å². The molecule has 0 radical (unpaired) electrons. The van der Waals surface area contributed by atoms with Gasteiger partial charge in [0.25, 0.3) is 5.91 Å². The van der Waals surface area contributed by atoms with Crippen LogP contribution >= 0.6 is 11.8 Å². The Morgan fingerprint density at radius 3 is 2.69 bits per heavy atom. The molecule has 3 rings (SSSR count). The fourth-order valence-electron chi connectivity index (χ4n) is 2.54. The van der Waals surface area contributed by atoms with Gasteiger partial charge in [-0.3, -0.25) is 4.79 Å². The van der Waals surface area contributed by atoms with Gasteiger partial charge in [-0.05, 0) is 61.0 Å². The first-order valence-electron chi connectivity index (χ1n) is 8.80. The Kier molecular flexibility index (Phi) is 6.23. The zero-order chi connectivity index (χ0) is 21.0. The van der Waals surface area contributed by atoms with Gasteiger partial charge in [0, 0.05) is 0 Å². The normalized spacial score (nSPS) is 17.3. The van der Waals surface area contributed by atoms with Crippen molar-refractivity contribution in [3.05, 3.63) is 58.5 Å². The molecule has 2 N–H and O–H groups in total. The first-order valence-corrected chi connectivity index (χ1v) is 9.61. The molecule has 0 spiro atoms. The van der Waals surface area contributed by atoms with Gasteiger partial charge in [0.15, 0.2) is 22.8 Å². The van der Waals surface area contributed by atoms with Crippen molar-refractivity contribution in [2.45, 2.75) is 20.0 Å². The van der Waals surface area contributed by atoms with E-state index in [-0.39, 0.29) is 5.91 Å². The molecule has 1 heterocycles. The van der Waals surface area contributed by atoms with Crippen LogP contribution in [0.4, 0.5) is 5.69 Å². The summed E-state index contributed by atoms with van der Waals surface area (Å²) in [5.74, 6) is -0.613. The van der Waals surface area contributed by atoms with Gasteiger partial charge in [-0.15, -0.1) is 0 Å². The van der Waals surface area contributed by atoms with Crippen LogP contribution in [0.5, 0.6) is 11.5 Å². The van der Waals surface area contributed by atoms with Gasteiger partial charge in [-0.2, -0.15) is 0 Å². The molecule has 1 saturated heterocycles. The Bertz CT molecular complexity index is 1020. The molecule has 8 heteroatoms. The fraction of sp³-hybridized carbons (Fsp3) is 0.190. The third-order valence-electron chi connectivity index (χ3n) is 4.13. The van der Waals surface area contributed by atoms with Crippen LogP contribution in [0.2, 0.25) is 0 Å². The summed E-state index contributed by atoms with van der Waals surface area (Å²) in [5.41, 5.74) is 2.53. The Morgan fingerprint density at radius 1 is 1.24 bits per heavy atom. The molecule has 29 heavy (non-hydrogen) atoms. The van der Waals surface area contributed by atoms with E-state index in [1.165, 1.54) is 25.8 Å². The number of carboxylic acids is 1. The first kappa shape index (κ1) is 20.5. The highest BCUT2D eigenvalue weighted by Gasteiger charge is 2.24. The number of ether oxygens (including phenoxy) is 2. The zero-order valence-corrected chi connectivity index (χ0v) is 16.9. The van der Waals surface area contributed by atoms with Crippen LogP contribution in [-0.4, -0.2) is 35.4 Å². The maximum absolute atomic E-state index is 12.3. The molecule has 2 aromatic carbocycles. The quantitative estimate of drug-likeness (QED) is 0.702. The van der Waals surface area contributed by atoms with Gasteiger partial charge in [0.2, 0.25) is 0 Å². The van der Waals surface area contributed by atoms with Crippen molar-refractivity contribution >= 4 is 40.6 Å². The lowest BCUT2D eigenvalue weighted by Gasteiger charge is -2.14. The number of para-hydroxylation sites is 1. The SMILES string of the molecule is COc1cc(/C=C2/SC(=Nc3ccccc3C)NC2=O)ccc1OC(C)C(=O)O. The largest absolute Gasteiger partial charge is 0.493 e. The van der Waals surface area contributed by atoms with Crippen LogP contribution in [0.15, 0.2) is 52.4 Å². The monoisotopic (exact) mass is 412 g/mol. The Balaban J connectivity index is 1.82. The molecule has 1 aliphatic rings.